The van der Waals surface area contributed by atoms with Gasteiger partial charge in [0.05, 0.1) is 0 Å². The van der Waals surface area contributed by atoms with Crippen molar-refractivity contribution < 1.29 is 19.5 Å². The topological polar surface area (TPSA) is 82.8 Å². The summed E-state index contributed by atoms with van der Waals surface area (Å²) in [6.07, 6.45) is 3.23. The minimum absolute atomic E-state index is 0.0290. The van der Waals surface area contributed by atoms with Gasteiger partial charge in [-0.25, -0.2) is 4.79 Å². The van der Waals surface area contributed by atoms with Gasteiger partial charge in [0.2, 0.25) is 0 Å². The van der Waals surface area contributed by atoms with Crippen LogP contribution in [0.3, 0.4) is 0 Å². The van der Waals surface area contributed by atoms with Gasteiger partial charge < -0.3 is 9.67 Å². The molecule has 0 spiro atoms. The first kappa shape index (κ1) is 17.8. The Morgan fingerprint density at radius 2 is 1.77 bits per heavy atom. The van der Waals surface area contributed by atoms with Gasteiger partial charge in [-0.15, -0.1) is 0 Å². The summed E-state index contributed by atoms with van der Waals surface area (Å²) in [5, 5.41) is 10.2. The van der Waals surface area contributed by atoms with Crippen LogP contribution in [0.1, 0.15) is 18.5 Å². The number of hydrogen-bond acceptors (Lipinski definition) is 4. The summed E-state index contributed by atoms with van der Waals surface area (Å²) >= 11 is 5.07. The Bertz CT molecular complexity index is 965. The third-order valence-electron chi connectivity index (χ3n) is 4.47. The molecule has 0 saturated carbocycles. The van der Waals surface area contributed by atoms with Crippen LogP contribution in [0.15, 0.2) is 36.0 Å². The normalized spacial score (nSPS) is 16.4. The molecule has 1 aromatic heterocycles. The molecule has 0 unspecified atom stereocenters. The number of rotatable bonds is 3. The summed E-state index contributed by atoms with van der Waals surface area (Å²) in [7, 11) is 3.05. The van der Waals surface area contributed by atoms with Crippen LogP contribution in [0.5, 0.6) is 0 Å². The molecule has 1 fully saturated rings. The van der Waals surface area contributed by atoms with Crippen LogP contribution in [0.25, 0.3) is 17.0 Å². The number of amides is 2. The van der Waals surface area contributed by atoms with E-state index in [0.717, 1.165) is 10.9 Å². The molecule has 1 aliphatic rings. The van der Waals surface area contributed by atoms with Crippen LogP contribution in [0.4, 0.5) is 0 Å². The molecule has 1 aromatic carbocycles. The van der Waals surface area contributed by atoms with Crippen LogP contribution in [0, 0.1) is 0 Å². The molecule has 2 heterocycles. The molecule has 1 aliphatic heterocycles. The highest BCUT2D eigenvalue weighted by atomic mass is 32.1. The number of aromatic nitrogens is 1. The van der Waals surface area contributed by atoms with Gasteiger partial charge >= 0.3 is 5.97 Å². The number of likely N-dealkylation sites (N-methyl/N-ethyl adjacent to an activating group) is 2. The quantitative estimate of drug-likeness (QED) is 0.506. The van der Waals surface area contributed by atoms with Crippen molar-refractivity contribution >= 4 is 52.1 Å². The van der Waals surface area contributed by atoms with Gasteiger partial charge in [-0.2, -0.15) is 0 Å². The maximum atomic E-state index is 12.4. The van der Waals surface area contributed by atoms with E-state index in [1.165, 1.54) is 30.0 Å². The molecule has 1 atom stereocenters. The zero-order chi connectivity index (χ0) is 19.2. The maximum absolute atomic E-state index is 12.4. The first-order valence-electron chi connectivity index (χ1n) is 7.87. The van der Waals surface area contributed by atoms with Gasteiger partial charge in [-0.3, -0.25) is 19.4 Å². The lowest BCUT2D eigenvalue weighted by molar-refractivity contribution is -0.140. The van der Waals surface area contributed by atoms with E-state index in [2.05, 4.69) is 0 Å². The van der Waals surface area contributed by atoms with E-state index < -0.39 is 23.8 Å². The Morgan fingerprint density at radius 1 is 1.15 bits per heavy atom. The minimum Gasteiger partial charge on any atom is -0.480 e. The van der Waals surface area contributed by atoms with Crippen molar-refractivity contribution in [2.75, 3.05) is 14.1 Å². The standard InChI is InChI=1S/C18H17N3O4S/c1-10(17(24)25)21-7-6-12-8-11(4-5-14(12)21)9-13-15(22)19(2)18(26)20(3)16(13)23/h4-10H,1-3H3,(H,24,25)/t10-/m0/s1. The zero-order valence-electron chi connectivity index (χ0n) is 14.5. The van der Waals surface area contributed by atoms with Crippen molar-refractivity contribution in [2.45, 2.75) is 13.0 Å². The van der Waals surface area contributed by atoms with Crippen LogP contribution in [0.2, 0.25) is 0 Å². The van der Waals surface area contributed by atoms with Crippen molar-refractivity contribution in [2.24, 2.45) is 0 Å². The summed E-state index contributed by atoms with van der Waals surface area (Å²) in [4.78, 5) is 38.5. The van der Waals surface area contributed by atoms with Crippen molar-refractivity contribution in [3.05, 3.63) is 41.6 Å². The van der Waals surface area contributed by atoms with Gasteiger partial charge in [0, 0.05) is 31.2 Å². The third-order valence-corrected chi connectivity index (χ3v) is 5.02. The lowest BCUT2D eigenvalue weighted by Crippen LogP contribution is -2.52. The molecule has 0 radical (unpaired) electrons. The molecule has 26 heavy (non-hydrogen) atoms. The highest BCUT2D eigenvalue weighted by Gasteiger charge is 2.35. The lowest BCUT2D eigenvalue weighted by Gasteiger charge is -2.31. The predicted molar refractivity (Wildman–Crippen MR) is 100 cm³/mol. The molecule has 2 amide bonds. The third kappa shape index (κ3) is 2.78. The zero-order valence-corrected chi connectivity index (χ0v) is 15.3. The fourth-order valence-corrected chi connectivity index (χ4v) is 3.04. The van der Waals surface area contributed by atoms with Crippen LogP contribution >= 0.6 is 12.2 Å². The molecule has 0 aliphatic carbocycles. The van der Waals surface area contributed by atoms with Gasteiger partial charge in [0.25, 0.3) is 11.8 Å². The van der Waals surface area contributed by atoms with E-state index in [4.69, 9.17) is 12.2 Å². The number of fused-ring (bicyclic) bond motifs is 1. The van der Waals surface area contributed by atoms with E-state index in [0.29, 0.717) is 5.56 Å². The first-order chi connectivity index (χ1) is 12.2. The average molecular weight is 371 g/mol. The van der Waals surface area contributed by atoms with E-state index in [-0.39, 0.29) is 10.7 Å². The molecule has 3 rings (SSSR count). The fourth-order valence-electron chi connectivity index (χ4n) is 2.87. The summed E-state index contributed by atoms with van der Waals surface area (Å²) in [6.45, 7) is 1.60. The predicted octanol–water partition coefficient (Wildman–Crippen LogP) is 1.89. The molecule has 7 nitrogen and oxygen atoms in total. The lowest BCUT2D eigenvalue weighted by atomic mass is 10.1. The number of carbonyl (C=O) groups is 3. The Labute approximate surface area is 155 Å². The molecular formula is C18H17N3O4S. The number of carbonyl (C=O) groups excluding carboxylic acids is 2. The van der Waals surface area contributed by atoms with Crippen molar-refractivity contribution in [3.63, 3.8) is 0 Å². The Kier molecular flexibility index (Phi) is 4.37. The fraction of sp³-hybridized carbons (Fsp3) is 0.222. The minimum atomic E-state index is -0.922. The van der Waals surface area contributed by atoms with E-state index in [1.807, 2.05) is 0 Å². The van der Waals surface area contributed by atoms with E-state index in [1.54, 1.807) is 42.0 Å². The van der Waals surface area contributed by atoms with Crippen molar-refractivity contribution in [3.8, 4) is 0 Å². The Balaban J connectivity index is 2.02. The second-order valence-corrected chi connectivity index (χ2v) is 6.49. The smallest absolute Gasteiger partial charge is 0.326 e. The summed E-state index contributed by atoms with van der Waals surface area (Å²) in [6, 6.07) is 6.43. The molecule has 134 valence electrons. The Hall–Kier alpha value is -3.00. The number of thiocarbonyl (C=S) groups is 1. The molecule has 2 aromatic rings. The van der Waals surface area contributed by atoms with E-state index in [9.17, 15) is 19.5 Å². The number of hydrogen-bond donors (Lipinski definition) is 1. The number of benzene rings is 1. The highest BCUT2D eigenvalue weighted by Crippen LogP contribution is 2.24. The first-order valence-corrected chi connectivity index (χ1v) is 8.28. The number of nitrogens with zero attached hydrogens (tertiary/aromatic N) is 3. The summed E-state index contributed by atoms with van der Waals surface area (Å²) < 4.78 is 1.66. The second kappa shape index (κ2) is 6.38. The van der Waals surface area contributed by atoms with Crippen LogP contribution < -0.4 is 0 Å². The van der Waals surface area contributed by atoms with Crippen LogP contribution in [-0.4, -0.2) is 56.5 Å². The molecule has 0 bridgehead atoms. The number of aliphatic carboxylic acids is 1. The number of carboxylic acid groups (broad SMARTS) is 1. The SMILES string of the molecule is C[C@@H](C(=O)O)n1ccc2cc(C=C3C(=O)N(C)C(=S)N(C)C3=O)ccc21. The monoisotopic (exact) mass is 371 g/mol. The number of carboxylic acids is 1. The van der Waals surface area contributed by atoms with E-state index >= 15 is 0 Å². The maximum Gasteiger partial charge on any atom is 0.326 e. The van der Waals surface area contributed by atoms with Gasteiger partial charge in [-0.05, 0) is 49.0 Å². The van der Waals surface area contributed by atoms with Crippen molar-refractivity contribution in [1.82, 2.24) is 14.4 Å². The van der Waals surface area contributed by atoms with Gasteiger partial charge in [0.15, 0.2) is 5.11 Å². The average Bonchev–Trinajstić information content (AvgIpc) is 3.04. The largest absolute Gasteiger partial charge is 0.480 e. The highest BCUT2D eigenvalue weighted by molar-refractivity contribution is 7.80. The van der Waals surface area contributed by atoms with Gasteiger partial charge in [-0.1, -0.05) is 6.07 Å². The molecular weight excluding hydrogens is 354 g/mol. The van der Waals surface area contributed by atoms with Crippen LogP contribution in [-0.2, 0) is 14.4 Å². The van der Waals surface area contributed by atoms with Gasteiger partial charge in [0.1, 0.15) is 11.6 Å². The molecule has 1 saturated heterocycles. The second-order valence-electron chi connectivity index (χ2n) is 6.12. The van der Waals surface area contributed by atoms with Crippen molar-refractivity contribution in [1.29, 1.82) is 0 Å². The Morgan fingerprint density at radius 3 is 2.35 bits per heavy atom. The summed E-state index contributed by atoms with van der Waals surface area (Å²) in [5.41, 5.74) is 1.46. The molecule has 1 N–H and O–H groups in total. The summed E-state index contributed by atoms with van der Waals surface area (Å²) in [5.74, 6) is -1.82. The molecule has 8 heteroatoms.